The van der Waals surface area contributed by atoms with E-state index in [0.29, 0.717) is 16.0 Å². The average molecular weight is 452 g/mol. The van der Waals surface area contributed by atoms with Gasteiger partial charge in [-0.2, -0.15) is 0 Å². The Morgan fingerprint density at radius 3 is 2.52 bits per heavy atom. The molecule has 0 fully saturated rings. The molecule has 31 heavy (non-hydrogen) atoms. The second kappa shape index (κ2) is 7.18. The van der Waals surface area contributed by atoms with Crippen molar-refractivity contribution in [2.45, 2.75) is 11.8 Å². The maximum Gasteiger partial charge on any atom is 0.327 e. The van der Waals surface area contributed by atoms with Crippen LogP contribution < -0.4 is 4.31 Å². The summed E-state index contributed by atoms with van der Waals surface area (Å²) in [6, 6.07) is 18.0. The first kappa shape index (κ1) is 19.7. The molecule has 2 heterocycles. The van der Waals surface area contributed by atoms with Gasteiger partial charge in [-0.15, -0.1) is 11.3 Å². The Hall–Kier alpha value is -3.23. The first-order chi connectivity index (χ1) is 14.9. The Bertz CT molecular complexity index is 1480. The smallest absolute Gasteiger partial charge is 0.327 e. The number of esters is 1. The number of rotatable bonds is 5. The van der Waals surface area contributed by atoms with Gasteiger partial charge in [0.25, 0.3) is 10.0 Å². The van der Waals surface area contributed by atoms with Crippen LogP contribution in [0.3, 0.4) is 0 Å². The Labute approximate surface area is 182 Å². The van der Waals surface area contributed by atoms with Gasteiger partial charge < -0.3 is 4.74 Å². The Balaban J connectivity index is 1.34. The molecule has 4 aromatic rings. The summed E-state index contributed by atoms with van der Waals surface area (Å²) in [5.41, 5.74) is 1.29. The molecule has 0 N–H and O–H groups in total. The maximum atomic E-state index is 13.0. The molecule has 6 nitrogen and oxygen atoms in total. The van der Waals surface area contributed by atoms with E-state index in [-0.39, 0.29) is 10.7 Å². The topological polar surface area (TPSA) is 80.8 Å². The molecule has 0 atom stereocenters. The summed E-state index contributed by atoms with van der Waals surface area (Å²) in [6.45, 7) is 0.939. The Morgan fingerprint density at radius 2 is 1.74 bits per heavy atom. The molecule has 8 heteroatoms. The van der Waals surface area contributed by atoms with E-state index in [0.717, 1.165) is 25.3 Å². The first-order valence-electron chi connectivity index (χ1n) is 9.59. The third kappa shape index (κ3) is 3.10. The van der Waals surface area contributed by atoms with Crippen LogP contribution in [0.5, 0.6) is 0 Å². The quantitative estimate of drug-likeness (QED) is 0.334. The highest BCUT2D eigenvalue weighted by Crippen LogP contribution is 2.41. The molecule has 0 saturated heterocycles. The predicted molar refractivity (Wildman–Crippen MR) is 120 cm³/mol. The van der Waals surface area contributed by atoms with Crippen LogP contribution in [0, 0.1) is 6.92 Å². The van der Waals surface area contributed by atoms with Gasteiger partial charge in [0.1, 0.15) is 6.54 Å². The highest BCUT2D eigenvalue weighted by molar-refractivity contribution is 7.93. The number of anilines is 1. The third-order valence-corrected chi connectivity index (χ3v) is 8.53. The monoisotopic (exact) mass is 451 g/mol. The highest BCUT2D eigenvalue weighted by Gasteiger charge is 2.37. The third-order valence-electron chi connectivity index (χ3n) is 5.42. The SMILES string of the molecule is Cc1c(C(=O)COC(=O)CN2c3cccc4cccc(c34)S2(=O)=O)sc2ccccc12. The zero-order valence-electron chi connectivity index (χ0n) is 16.5. The van der Waals surface area contributed by atoms with Crippen molar-refractivity contribution in [3.8, 4) is 0 Å². The Morgan fingerprint density at radius 1 is 1.00 bits per heavy atom. The van der Waals surface area contributed by atoms with Gasteiger partial charge in [0.05, 0.1) is 15.5 Å². The van der Waals surface area contributed by atoms with E-state index in [4.69, 9.17) is 4.74 Å². The average Bonchev–Trinajstić information content (AvgIpc) is 3.21. The molecule has 0 amide bonds. The van der Waals surface area contributed by atoms with Gasteiger partial charge in [-0.3, -0.25) is 13.9 Å². The van der Waals surface area contributed by atoms with E-state index in [9.17, 15) is 18.0 Å². The highest BCUT2D eigenvalue weighted by atomic mass is 32.2. The summed E-state index contributed by atoms with van der Waals surface area (Å²) in [5.74, 6) is -1.08. The Kier molecular flexibility index (Phi) is 4.56. The molecule has 1 aliphatic heterocycles. The lowest BCUT2D eigenvalue weighted by Crippen LogP contribution is -2.34. The van der Waals surface area contributed by atoms with Crippen molar-refractivity contribution in [2.75, 3.05) is 17.5 Å². The van der Waals surface area contributed by atoms with Crippen molar-refractivity contribution in [3.63, 3.8) is 0 Å². The predicted octanol–water partition coefficient (Wildman–Crippen LogP) is 4.30. The molecule has 0 radical (unpaired) electrons. The number of ether oxygens (including phenoxy) is 1. The number of ketones is 1. The number of fused-ring (bicyclic) bond motifs is 1. The molecule has 0 unspecified atom stereocenters. The zero-order chi connectivity index (χ0) is 21.8. The van der Waals surface area contributed by atoms with Crippen molar-refractivity contribution >= 4 is 59.7 Å². The standard InChI is InChI=1S/C23H17NO5S2/c1-14-16-8-2-3-10-19(16)30-23(14)18(25)13-29-21(26)12-24-17-9-4-6-15-7-5-11-20(22(15)17)31(24,27)28/h2-11H,12-13H2,1H3. The van der Waals surface area contributed by atoms with Gasteiger partial charge in [-0.1, -0.05) is 42.5 Å². The van der Waals surface area contributed by atoms with Crippen LogP contribution in [-0.4, -0.2) is 33.3 Å². The first-order valence-corrected chi connectivity index (χ1v) is 11.8. The van der Waals surface area contributed by atoms with Gasteiger partial charge >= 0.3 is 5.97 Å². The fourth-order valence-electron chi connectivity index (χ4n) is 3.94. The summed E-state index contributed by atoms with van der Waals surface area (Å²) in [7, 11) is -3.86. The number of carbonyl (C=O) groups is 2. The van der Waals surface area contributed by atoms with Gasteiger partial charge in [-0.05, 0) is 41.5 Å². The summed E-state index contributed by atoms with van der Waals surface area (Å²) >= 11 is 1.36. The number of thiophene rings is 1. The van der Waals surface area contributed by atoms with Crippen LogP contribution in [-0.2, 0) is 19.6 Å². The maximum absolute atomic E-state index is 13.0. The van der Waals surface area contributed by atoms with Crippen molar-refractivity contribution in [2.24, 2.45) is 0 Å². The number of hydrogen-bond donors (Lipinski definition) is 0. The molecule has 1 aromatic heterocycles. The minimum absolute atomic E-state index is 0.172. The minimum atomic E-state index is -3.86. The van der Waals surface area contributed by atoms with E-state index in [1.165, 1.54) is 17.4 Å². The van der Waals surface area contributed by atoms with Crippen LogP contribution in [0.15, 0.2) is 65.6 Å². The molecule has 0 saturated carbocycles. The van der Waals surface area contributed by atoms with Crippen LogP contribution in [0.1, 0.15) is 15.2 Å². The largest absolute Gasteiger partial charge is 0.456 e. The lowest BCUT2D eigenvalue weighted by molar-refractivity contribution is -0.140. The molecular formula is C23H17NO5S2. The number of nitrogens with zero attached hydrogens (tertiary/aromatic N) is 1. The second-order valence-corrected chi connectivity index (χ2v) is 10.2. The van der Waals surface area contributed by atoms with Crippen LogP contribution >= 0.6 is 11.3 Å². The van der Waals surface area contributed by atoms with Crippen LogP contribution in [0.2, 0.25) is 0 Å². The molecule has 1 aliphatic rings. The van der Waals surface area contributed by atoms with Crippen LogP contribution in [0.25, 0.3) is 20.9 Å². The summed E-state index contributed by atoms with van der Waals surface area (Å²) in [4.78, 5) is 25.8. The van der Waals surface area contributed by atoms with Gasteiger partial charge in [0.2, 0.25) is 5.78 Å². The fourth-order valence-corrected chi connectivity index (χ4v) is 6.73. The number of Topliss-reactive ketones (excluding diaryl/α,β-unsaturated/α-hetero) is 1. The minimum Gasteiger partial charge on any atom is -0.456 e. The number of carbonyl (C=O) groups excluding carboxylic acids is 2. The van der Waals surface area contributed by atoms with E-state index in [1.807, 2.05) is 43.3 Å². The fraction of sp³-hybridized carbons (Fsp3) is 0.130. The number of aryl methyl sites for hydroxylation is 1. The van der Waals surface area contributed by atoms with Gasteiger partial charge in [-0.25, -0.2) is 8.42 Å². The van der Waals surface area contributed by atoms with Crippen LogP contribution in [0.4, 0.5) is 5.69 Å². The lowest BCUT2D eigenvalue weighted by Gasteiger charge is -2.17. The molecule has 0 spiro atoms. The van der Waals surface area contributed by atoms with Crippen molar-refractivity contribution in [3.05, 3.63) is 71.1 Å². The summed E-state index contributed by atoms with van der Waals surface area (Å²) in [6.07, 6.45) is 0. The molecular weight excluding hydrogens is 434 g/mol. The number of sulfonamides is 1. The molecule has 156 valence electrons. The molecule has 0 aliphatic carbocycles. The van der Waals surface area contributed by atoms with Crippen molar-refractivity contribution in [1.29, 1.82) is 0 Å². The van der Waals surface area contributed by atoms with Crippen molar-refractivity contribution < 1.29 is 22.7 Å². The lowest BCUT2D eigenvalue weighted by atomic mass is 10.1. The zero-order valence-corrected chi connectivity index (χ0v) is 18.1. The number of hydrogen-bond acceptors (Lipinski definition) is 6. The van der Waals surface area contributed by atoms with Gasteiger partial charge in [0.15, 0.2) is 6.61 Å². The van der Waals surface area contributed by atoms with E-state index < -0.39 is 29.1 Å². The molecule has 3 aromatic carbocycles. The summed E-state index contributed by atoms with van der Waals surface area (Å²) in [5, 5.41) is 2.37. The second-order valence-electron chi connectivity index (χ2n) is 7.28. The summed E-state index contributed by atoms with van der Waals surface area (Å²) < 4.78 is 33.1. The molecule has 0 bridgehead atoms. The normalized spacial score (nSPS) is 14.3. The molecule has 5 rings (SSSR count). The number of benzene rings is 3. The van der Waals surface area contributed by atoms with Gasteiger partial charge in [0, 0.05) is 10.1 Å². The van der Waals surface area contributed by atoms with E-state index >= 15 is 0 Å². The van der Waals surface area contributed by atoms with E-state index in [2.05, 4.69) is 0 Å². The van der Waals surface area contributed by atoms with Crippen molar-refractivity contribution in [1.82, 2.24) is 0 Å². The van der Waals surface area contributed by atoms with E-state index in [1.54, 1.807) is 18.2 Å².